The molecule has 6 heteroatoms. The Morgan fingerprint density at radius 1 is 0.933 bits per heavy atom. The molecule has 3 heterocycles. The minimum absolute atomic E-state index is 0.00504. The second-order valence-corrected chi connectivity index (χ2v) is 7.61. The van der Waals surface area contributed by atoms with Gasteiger partial charge in [0.05, 0.1) is 12.2 Å². The van der Waals surface area contributed by atoms with Gasteiger partial charge in [-0.2, -0.15) is 0 Å². The monoisotopic (exact) mass is 397 g/mol. The van der Waals surface area contributed by atoms with Crippen LogP contribution in [-0.4, -0.2) is 36.9 Å². The number of fused-ring (bicyclic) bond motifs is 1. The first-order valence-corrected chi connectivity index (χ1v) is 10.2. The predicted octanol–water partition coefficient (Wildman–Crippen LogP) is 3.93. The van der Waals surface area contributed by atoms with Crippen LogP contribution in [0.25, 0.3) is 0 Å². The molecule has 1 aliphatic heterocycles. The maximum atomic E-state index is 13.3. The Labute approximate surface area is 175 Å². The number of carbonyl (C=O) groups is 1. The summed E-state index contributed by atoms with van der Waals surface area (Å²) in [6.07, 6.45) is 3.83. The molecule has 0 saturated carbocycles. The molecular weight excluding hydrogens is 374 g/mol. The topological polar surface area (TPSA) is 56.0 Å². The average Bonchev–Trinajstić information content (AvgIpc) is 3.46. The van der Waals surface area contributed by atoms with Gasteiger partial charge < -0.3 is 9.47 Å². The molecule has 6 nitrogen and oxygen atoms in total. The van der Waals surface area contributed by atoms with Gasteiger partial charge in [-0.1, -0.05) is 65.9 Å². The summed E-state index contributed by atoms with van der Waals surface area (Å²) in [7, 11) is 0. The molecule has 2 aromatic carbocycles. The molecule has 0 unspecified atom stereocenters. The van der Waals surface area contributed by atoms with Crippen LogP contribution in [0, 0.1) is 0 Å². The Morgan fingerprint density at radius 3 is 2.27 bits per heavy atom. The van der Waals surface area contributed by atoms with Crippen LogP contribution in [-0.2, 0) is 6.54 Å². The predicted molar refractivity (Wildman–Crippen MR) is 114 cm³/mol. The lowest BCUT2D eigenvalue weighted by molar-refractivity contribution is 0.0637. The maximum Gasteiger partial charge on any atom is 0.276 e. The molecule has 1 atom stereocenters. The summed E-state index contributed by atoms with van der Waals surface area (Å²) >= 11 is 0. The van der Waals surface area contributed by atoms with Crippen LogP contribution in [0.3, 0.4) is 0 Å². The van der Waals surface area contributed by atoms with E-state index in [0.717, 1.165) is 23.4 Å². The molecule has 0 saturated heterocycles. The first-order chi connectivity index (χ1) is 14.7. The third-order valence-corrected chi connectivity index (χ3v) is 5.83. The molecule has 0 bridgehead atoms. The zero-order chi connectivity index (χ0) is 20.5. The zero-order valence-corrected chi connectivity index (χ0v) is 16.8. The van der Waals surface area contributed by atoms with Crippen molar-refractivity contribution in [2.24, 2.45) is 0 Å². The molecule has 150 valence electrons. The summed E-state index contributed by atoms with van der Waals surface area (Å²) in [6, 6.07) is 24.3. The summed E-state index contributed by atoms with van der Waals surface area (Å²) in [5, 5.41) is 8.61. The second-order valence-electron chi connectivity index (χ2n) is 7.61. The van der Waals surface area contributed by atoms with E-state index in [0.29, 0.717) is 12.2 Å². The molecule has 1 aliphatic rings. The lowest BCUT2D eigenvalue weighted by Crippen LogP contribution is -2.40. The van der Waals surface area contributed by atoms with E-state index in [-0.39, 0.29) is 18.0 Å². The van der Waals surface area contributed by atoms with E-state index in [1.165, 1.54) is 0 Å². The molecule has 0 N–H and O–H groups in total. The van der Waals surface area contributed by atoms with Gasteiger partial charge in [-0.3, -0.25) is 4.79 Å². The maximum absolute atomic E-state index is 13.3. The number of rotatable bonds is 4. The fourth-order valence-corrected chi connectivity index (χ4v) is 4.27. The molecule has 0 spiro atoms. The smallest absolute Gasteiger partial charge is 0.276 e. The van der Waals surface area contributed by atoms with Gasteiger partial charge in [0.25, 0.3) is 5.91 Å². The van der Waals surface area contributed by atoms with Gasteiger partial charge in [-0.25, -0.2) is 4.68 Å². The van der Waals surface area contributed by atoms with E-state index < -0.39 is 0 Å². The SMILES string of the molecule is C[C@H]1c2cccn2CCN1C(=O)c1cn(C(c2ccccc2)c2ccccc2)nn1. The average molecular weight is 397 g/mol. The van der Waals surface area contributed by atoms with Gasteiger partial charge in [0.15, 0.2) is 5.69 Å². The first kappa shape index (κ1) is 18.4. The van der Waals surface area contributed by atoms with E-state index in [1.54, 1.807) is 10.9 Å². The molecule has 1 amide bonds. The number of benzene rings is 2. The Bertz CT molecular complexity index is 1110. The van der Waals surface area contributed by atoms with E-state index in [4.69, 9.17) is 0 Å². The Balaban J connectivity index is 1.47. The van der Waals surface area contributed by atoms with Gasteiger partial charge in [-0.15, -0.1) is 5.10 Å². The van der Waals surface area contributed by atoms with Crippen LogP contribution < -0.4 is 0 Å². The highest BCUT2D eigenvalue weighted by Crippen LogP contribution is 2.28. The summed E-state index contributed by atoms with van der Waals surface area (Å²) < 4.78 is 3.99. The highest BCUT2D eigenvalue weighted by Gasteiger charge is 2.30. The number of carbonyl (C=O) groups excluding carboxylic acids is 1. The summed E-state index contributed by atoms with van der Waals surface area (Å²) in [5.74, 6) is -0.0823. The molecule has 2 aromatic heterocycles. The van der Waals surface area contributed by atoms with Crippen LogP contribution in [0.1, 0.15) is 46.3 Å². The lowest BCUT2D eigenvalue weighted by Gasteiger charge is -2.34. The van der Waals surface area contributed by atoms with Gasteiger partial charge >= 0.3 is 0 Å². The first-order valence-electron chi connectivity index (χ1n) is 10.2. The standard InChI is InChI=1S/C24H23N5O/c1-18-22-13-8-14-27(22)15-16-28(18)24(30)21-17-29(26-25-21)23(19-9-4-2-5-10-19)20-11-6-3-7-12-20/h2-14,17-18,23H,15-16H2,1H3/t18-/m0/s1. The van der Waals surface area contributed by atoms with Crippen LogP contribution in [0.15, 0.2) is 85.2 Å². The molecule has 30 heavy (non-hydrogen) atoms. The molecular formula is C24H23N5O. The number of aromatic nitrogens is 4. The summed E-state index contributed by atoms with van der Waals surface area (Å²) in [4.78, 5) is 15.1. The lowest BCUT2D eigenvalue weighted by atomic mass is 9.99. The largest absolute Gasteiger partial charge is 0.348 e. The normalized spacial score (nSPS) is 15.9. The zero-order valence-electron chi connectivity index (χ0n) is 16.8. The van der Waals surface area contributed by atoms with Crippen molar-refractivity contribution in [2.75, 3.05) is 6.54 Å². The molecule has 4 aromatic rings. The number of hydrogen-bond acceptors (Lipinski definition) is 3. The van der Waals surface area contributed by atoms with Gasteiger partial charge in [0.1, 0.15) is 6.04 Å². The van der Waals surface area contributed by atoms with E-state index in [1.807, 2.05) is 47.4 Å². The molecule has 5 rings (SSSR count). The van der Waals surface area contributed by atoms with Crippen molar-refractivity contribution in [1.82, 2.24) is 24.5 Å². The van der Waals surface area contributed by atoms with E-state index in [2.05, 4.69) is 58.3 Å². The van der Waals surface area contributed by atoms with Crippen LogP contribution in [0.2, 0.25) is 0 Å². The fraction of sp³-hybridized carbons (Fsp3) is 0.208. The molecule has 0 fully saturated rings. The summed E-state index contributed by atoms with van der Waals surface area (Å²) in [6.45, 7) is 3.52. The second kappa shape index (κ2) is 7.63. The third kappa shape index (κ3) is 3.20. The van der Waals surface area contributed by atoms with Gasteiger partial charge in [0.2, 0.25) is 0 Å². The van der Waals surface area contributed by atoms with Crippen molar-refractivity contribution in [1.29, 1.82) is 0 Å². The van der Waals surface area contributed by atoms with Crippen LogP contribution in [0.5, 0.6) is 0 Å². The number of nitrogens with zero attached hydrogens (tertiary/aromatic N) is 5. The number of hydrogen-bond donors (Lipinski definition) is 0. The van der Waals surface area contributed by atoms with Crippen molar-refractivity contribution in [3.63, 3.8) is 0 Å². The quantitative estimate of drug-likeness (QED) is 0.524. The third-order valence-electron chi connectivity index (χ3n) is 5.83. The highest BCUT2D eigenvalue weighted by atomic mass is 16.2. The van der Waals surface area contributed by atoms with Crippen LogP contribution in [0.4, 0.5) is 0 Å². The number of amides is 1. The van der Waals surface area contributed by atoms with Gasteiger partial charge in [-0.05, 0) is 30.2 Å². The molecule has 0 radical (unpaired) electrons. The van der Waals surface area contributed by atoms with Crippen molar-refractivity contribution < 1.29 is 4.79 Å². The van der Waals surface area contributed by atoms with Crippen LogP contribution >= 0.6 is 0 Å². The minimum Gasteiger partial charge on any atom is -0.348 e. The Hall–Kier alpha value is -3.67. The Kier molecular flexibility index (Phi) is 4.67. The molecule has 0 aliphatic carbocycles. The van der Waals surface area contributed by atoms with E-state index in [9.17, 15) is 4.79 Å². The minimum atomic E-state index is -0.141. The summed E-state index contributed by atoms with van der Waals surface area (Å²) in [5.41, 5.74) is 3.71. The van der Waals surface area contributed by atoms with Crippen molar-refractivity contribution in [3.8, 4) is 0 Å². The van der Waals surface area contributed by atoms with Crippen molar-refractivity contribution in [2.45, 2.75) is 25.6 Å². The highest BCUT2D eigenvalue weighted by molar-refractivity contribution is 5.92. The Morgan fingerprint density at radius 2 is 1.60 bits per heavy atom. The van der Waals surface area contributed by atoms with E-state index >= 15 is 0 Å². The fourth-order valence-electron chi connectivity index (χ4n) is 4.27. The van der Waals surface area contributed by atoms with Gasteiger partial charge in [0, 0.05) is 25.0 Å². The van der Waals surface area contributed by atoms with Crippen molar-refractivity contribution in [3.05, 3.63) is 108 Å². The van der Waals surface area contributed by atoms with Crippen molar-refractivity contribution >= 4 is 5.91 Å².